The number of nitrogens with zero attached hydrogens (tertiary/aromatic N) is 6. The standard InChI is InChI=1S/C29H32F2N8O5/c1-2-18-15-21(35-44-18)24(25-34-36-37-39(25)17-9-11-29(30,31)12-10-17)32-13-3-4-16-5-6-19-20(14-16)28(43)38(27(19)42)22-7-8-23(40)33-26(22)41/h5-6,14-15,17,22,24,32H,2-4,7-13H2,1H3,(H,33,40,41). The molecule has 2 N–H and O–H groups in total. The first kappa shape index (κ1) is 29.7. The Labute approximate surface area is 250 Å². The van der Waals surface area contributed by atoms with Gasteiger partial charge in [0.15, 0.2) is 5.82 Å². The summed E-state index contributed by atoms with van der Waals surface area (Å²) in [5.74, 6) is -3.70. The molecule has 1 saturated heterocycles. The maximum Gasteiger partial charge on any atom is 0.262 e. The van der Waals surface area contributed by atoms with Gasteiger partial charge in [-0.2, -0.15) is 0 Å². The van der Waals surface area contributed by atoms with E-state index in [-0.39, 0.29) is 55.7 Å². The highest BCUT2D eigenvalue weighted by Gasteiger charge is 2.44. The van der Waals surface area contributed by atoms with Gasteiger partial charge in [0.05, 0.1) is 17.2 Å². The van der Waals surface area contributed by atoms with Crippen molar-refractivity contribution in [2.24, 2.45) is 0 Å². The second kappa shape index (κ2) is 11.9. The molecular weight excluding hydrogens is 578 g/mol. The molecule has 0 spiro atoms. The Morgan fingerprint density at radius 1 is 1.09 bits per heavy atom. The normalized spacial score (nSPS) is 21.1. The second-order valence-electron chi connectivity index (χ2n) is 11.5. The largest absolute Gasteiger partial charge is 0.361 e. The number of fused-ring (bicyclic) bond motifs is 1. The number of rotatable bonds is 10. The molecule has 2 aliphatic heterocycles. The van der Waals surface area contributed by atoms with Crippen molar-refractivity contribution in [2.75, 3.05) is 6.54 Å². The molecule has 4 heterocycles. The highest BCUT2D eigenvalue weighted by Crippen LogP contribution is 2.39. The number of aromatic nitrogens is 5. The van der Waals surface area contributed by atoms with Crippen LogP contribution in [0.25, 0.3) is 0 Å². The van der Waals surface area contributed by atoms with Crippen LogP contribution in [-0.2, 0) is 22.4 Å². The molecule has 3 aliphatic rings. The van der Waals surface area contributed by atoms with Crippen molar-refractivity contribution in [1.82, 2.24) is 40.9 Å². The summed E-state index contributed by atoms with van der Waals surface area (Å²) in [5, 5.41) is 22.1. The van der Waals surface area contributed by atoms with Crippen molar-refractivity contribution >= 4 is 23.6 Å². The third-order valence-corrected chi connectivity index (χ3v) is 8.53. The van der Waals surface area contributed by atoms with Gasteiger partial charge in [-0.25, -0.2) is 13.5 Å². The van der Waals surface area contributed by atoms with Crippen molar-refractivity contribution in [2.45, 2.75) is 88.8 Å². The molecule has 4 amide bonds. The van der Waals surface area contributed by atoms with E-state index in [1.165, 1.54) is 0 Å². The maximum absolute atomic E-state index is 13.8. The Hall–Kier alpha value is -4.40. The monoisotopic (exact) mass is 610 g/mol. The number of alkyl halides is 2. The molecule has 2 atom stereocenters. The number of hydrogen-bond acceptors (Lipinski definition) is 10. The molecule has 1 aromatic carbocycles. The lowest BCUT2D eigenvalue weighted by Gasteiger charge is -2.29. The minimum atomic E-state index is -2.68. The van der Waals surface area contributed by atoms with Gasteiger partial charge in [-0.05, 0) is 66.8 Å². The lowest BCUT2D eigenvalue weighted by Crippen LogP contribution is -2.54. The average Bonchev–Trinajstić information content (AvgIpc) is 3.73. The molecule has 15 heteroatoms. The van der Waals surface area contributed by atoms with Crippen LogP contribution in [0.15, 0.2) is 28.8 Å². The van der Waals surface area contributed by atoms with Crippen LogP contribution < -0.4 is 10.6 Å². The van der Waals surface area contributed by atoms with Gasteiger partial charge in [-0.15, -0.1) is 5.10 Å². The number of benzene rings is 1. The predicted octanol–water partition coefficient (Wildman–Crippen LogP) is 2.69. The van der Waals surface area contributed by atoms with Crippen LogP contribution in [0, 0.1) is 0 Å². The predicted molar refractivity (Wildman–Crippen MR) is 147 cm³/mol. The molecule has 1 saturated carbocycles. The molecular formula is C29H32F2N8O5. The lowest BCUT2D eigenvalue weighted by molar-refractivity contribution is -0.136. The van der Waals surface area contributed by atoms with Crippen molar-refractivity contribution in [1.29, 1.82) is 0 Å². The van der Waals surface area contributed by atoms with Crippen LogP contribution in [0.4, 0.5) is 8.78 Å². The Kier molecular flexibility index (Phi) is 8.05. The van der Waals surface area contributed by atoms with E-state index < -0.39 is 41.6 Å². The van der Waals surface area contributed by atoms with E-state index in [9.17, 15) is 28.0 Å². The number of halogens is 2. The Morgan fingerprint density at radius 3 is 2.59 bits per heavy atom. The number of carbonyl (C=O) groups excluding carboxylic acids is 4. The zero-order chi connectivity index (χ0) is 31.0. The van der Waals surface area contributed by atoms with Gasteiger partial charge in [0.1, 0.15) is 23.5 Å². The second-order valence-corrected chi connectivity index (χ2v) is 11.5. The van der Waals surface area contributed by atoms with E-state index in [1.807, 2.05) is 13.0 Å². The highest BCUT2D eigenvalue weighted by molar-refractivity contribution is 6.23. The molecule has 6 rings (SSSR count). The maximum atomic E-state index is 13.8. The molecule has 13 nitrogen and oxygen atoms in total. The number of amides is 4. The summed E-state index contributed by atoms with van der Waals surface area (Å²) in [6, 6.07) is 5.05. The van der Waals surface area contributed by atoms with Gasteiger partial charge in [0, 0.05) is 31.7 Å². The number of hydrogen-bond donors (Lipinski definition) is 2. The van der Waals surface area contributed by atoms with E-state index in [4.69, 9.17) is 4.52 Å². The molecule has 2 aromatic heterocycles. The van der Waals surface area contributed by atoms with Crippen LogP contribution in [-0.4, -0.2) is 72.4 Å². The lowest BCUT2D eigenvalue weighted by atomic mass is 9.92. The van der Waals surface area contributed by atoms with Crippen LogP contribution >= 0.6 is 0 Å². The number of tetrazole rings is 1. The van der Waals surface area contributed by atoms with Crippen molar-refractivity contribution in [3.63, 3.8) is 0 Å². The number of imide groups is 2. The first-order valence-corrected chi connectivity index (χ1v) is 14.8. The summed E-state index contributed by atoms with van der Waals surface area (Å²) in [4.78, 5) is 51.0. The minimum Gasteiger partial charge on any atom is -0.361 e. The summed E-state index contributed by atoms with van der Waals surface area (Å²) in [5.41, 5.74) is 1.87. The first-order chi connectivity index (χ1) is 21.1. The Bertz CT molecular complexity index is 1590. The van der Waals surface area contributed by atoms with Gasteiger partial charge in [-0.1, -0.05) is 18.1 Å². The summed E-state index contributed by atoms with van der Waals surface area (Å²) in [6.07, 6.45) is 2.06. The third kappa shape index (κ3) is 5.75. The van der Waals surface area contributed by atoms with Crippen molar-refractivity contribution in [3.8, 4) is 0 Å². The van der Waals surface area contributed by atoms with Crippen LogP contribution in [0.1, 0.15) is 108 Å². The molecule has 2 unspecified atom stereocenters. The molecule has 1 aliphatic carbocycles. The first-order valence-electron chi connectivity index (χ1n) is 14.8. The van der Waals surface area contributed by atoms with Gasteiger partial charge in [0.2, 0.25) is 17.7 Å². The number of nitrogens with one attached hydrogen (secondary N) is 2. The Balaban J connectivity index is 1.13. The fourth-order valence-corrected chi connectivity index (χ4v) is 6.09. The molecule has 44 heavy (non-hydrogen) atoms. The third-order valence-electron chi connectivity index (χ3n) is 8.53. The smallest absolute Gasteiger partial charge is 0.262 e. The van der Waals surface area contributed by atoms with Crippen LogP contribution in [0.2, 0.25) is 0 Å². The minimum absolute atomic E-state index is 0.0557. The number of carbonyl (C=O) groups is 4. The molecule has 3 aromatic rings. The Morgan fingerprint density at radius 2 is 1.86 bits per heavy atom. The van der Waals surface area contributed by atoms with Gasteiger partial charge in [-0.3, -0.25) is 29.4 Å². The summed E-state index contributed by atoms with van der Waals surface area (Å²) in [7, 11) is 0. The van der Waals surface area contributed by atoms with E-state index >= 15 is 0 Å². The quantitative estimate of drug-likeness (QED) is 0.258. The van der Waals surface area contributed by atoms with Gasteiger partial charge < -0.3 is 9.84 Å². The summed E-state index contributed by atoms with van der Waals surface area (Å²) in [6.45, 7) is 2.43. The van der Waals surface area contributed by atoms with E-state index in [1.54, 1.807) is 22.9 Å². The topological polar surface area (TPSA) is 165 Å². The highest BCUT2D eigenvalue weighted by atomic mass is 19.3. The average molecular weight is 611 g/mol. The zero-order valence-corrected chi connectivity index (χ0v) is 24.1. The van der Waals surface area contributed by atoms with Gasteiger partial charge >= 0.3 is 0 Å². The summed E-state index contributed by atoms with van der Waals surface area (Å²) < 4.78 is 34.7. The molecule has 0 radical (unpaired) electrons. The van der Waals surface area contributed by atoms with E-state index in [0.29, 0.717) is 43.1 Å². The van der Waals surface area contributed by atoms with E-state index in [2.05, 4.69) is 31.3 Å². The van der Waals surface area contributed by atoms with Crippen LogP contribution in [0.5, 0.6) is 0 Å². The van der Waals surface area contributed by atoms with Crippen LogP contribution in [0.3, 0.4) is 0 Å². The summed E-state index contributed by atoms with van der Waals surface area (Å²) >= 11 is 0. The van der Waals surface area contributed by atoms with Crippen molar-refractivity contribution in [3.05, 3.63) is 58.2 Å². The fourth-order valence-electron chi connectivity index (χ4n) is 6.09. The van der Waals surface area contributed by atoms with Crippen molar-refractivity contribution < 1.29 is 32.5 Å². The molecule has 2 fully saturated rings. The van der Waals surface area contributed by atoms with Gasteiger partial charge in [0.25, 0.3) is 11.8 Å². The molecule has 232 valence electrons. The number of piperidine rings is 1. The number of aryl methyl sites for hydroxylation is 2. The fraction of sp³-hybridized carbons (Fsp3) is 0.517. The SMILES string of the molecule is CCc1cc(C(NCCCc2ccc3c(c2)C(=O)N(C2CCC(=O)NC2=O)C3=O)c2nnnn2C2CCC(F)(F)CC2)no1. The zero-order valence-electron chi connectivity index (χ0n) is 24.1. The molecule has 0 bridgehead atoms. The van der Waals surface area contributed by atoms with E-state index in [0.717, 1.165) is 10.5 Å².